The lowest BCUT2D eigenvalue weighted by atomic mass is 10.1. The maximum atomic E-state index is 13.9. The number of halogens is 3. The molecule has 4 aromatic rings. The number of fused-ring (bicyclic) bond motifs is 1. The molecule has 1 aromatic heterocycles. The van der Waals surface area contributed by atoms with Crippen molar-refractivity contribution in [3.63, 3.8) is 0 Å². The van der Waals surface area contributed by atoms with E-state index in [1.165, 1.54) is 71.3 Å². The van der Waals surface area contributed by atoms with Crippen LogP contribution in [0.1, 0.15) is 4.88 Å². The molecule has 0 spiro atoms. The SMILES string of the molecule is O=C1N=c2ccc(F)cc2=C1c1sc(=Nc2ccc(F)cc2)n(-c2ccc(F)cc2)c1O. The van der Waals surface area contributed by atoms with Crippen molar-refractivity contribution in [3.05, 3.63) is 104 Å². The molecule has 0 aliphatic carbocycles. The maximum absolute atomic E-state index is 13.9. The van der Waals surface area contributed by atoms with E-state index in [0.29, 0.717) is 16.7 Å². The first-order valence-corrected chi connectivity index (χ1v) is 10.2. The molecule has 9 heteroatoms. The highest BCUT2D eigenvalue weighted by atomic mass is 32.1. The van der Waals surface area contributed by atoms with Crippen molar-refractivity contribution in [1.82, 2.24) is 4.57 Å². The lowest BCUT2D eigenvalue weighted by Gasteiger charge is -2.06. The Morgan fingerprint density at radius 1 is 0.875 bits per heavy atom. The Kier molecular flexibility index (Phi) is 4.75. The van der Waals surface area contributed by atoms with Crippen LogP contribution in [0, 0.1) is 17.5 Å². The van der Waals surface area contributed by atoms with Crippen LogP contribution in [0.5, 0.6) is 5.88 Å². The number of aromatic hydroxyl groups is 1. The van der Waals surface area contributed by atoms with E-state index in [9.17, 15) is 23.1 Å². The Labute approximate surface area is 182 Å². The summed E-state index contributed by atoms with van der Waals surface area (Å²) in [6.07, 6.45) is 0. The number of rotatable bonds is 3. The predicted molar refractivity (Wildman–Crippen MR) is 112 cm³/mol. The molecular weight excluding hydrogens is 439 g/mol. The van der Waals surface area contributed by atoms with Crippen molar-refractivity contribution >= 4 is 28.5 Å². The van der Waals surface area contributed by atoms with Crippen molar-refractivity contribution < 1.29 is 23.1 Å². The van der Waals surface area contributed by atoms with Gasteiger partial charge in [0.1, 0.15) is 22.3 Å². The summed E-state index contributed by atoms with van der Waals surface area (Å²) in [5, 5.41) is 11.6. The van der Waals surface area contributed by atoms with E-state index in [0.717, 1.165) is 11.3 Å². The molecule has 5 rings (SSSR count). The smallest absolute Gasteiger partial charge is 0.279 e. The second-order valence-corrected chi connectivity index (χ2v) is 7.87. The fraction of sp³-hybridized carbons (Fsp3) is 0. The summed E-state index contributed by atoms with van der Waals surface area (Å²) in [5.41, 5.74) is 0.821. The third-order valence-electron chi connectivity index (χ3n) is 4.83. The average molecular weight is 451 g/mol. The molecule has 2 heterocycles. The van der Waals surface area contributed by atoms with Crippen molar-refractivity contribution in [2.75, 3.05) is 0 Å². The standard InChI is InChI=1S/C23H12F3N3O2S/c24-12-1-6-15(7-2-12)27-23-29(16-8-3-13(25)4-9-16)22(31)20(32-23)19-17-11-14(26)5-10-18(17)28-21(19)30/h1-11,31H. The fourth-order valence-corrected chi connectivity index (χ4v) is 4.46. The molecule has 32 heavy (non-hydrogen) atoms. The Morgan fingerprint density at radius 2 is 1.50 bits per heavy atom. The van der Waals surface area contributed by atoms with Crippen LogP contribution in [0.15, 0.2) is 76.7 Å². The molecule has 158 valence electrons. The van der Waals surface area contributed by atoms with Gasteiger partial charge in [0.15, 0.2) is 4.80 Å². The number of carbonyl (C=O) groups excluding carboxylic acids is 1. The van der Waals surface area contributed by atoms with E-state index in [-0.39, 0.29) is 26.4 Å². The zero-order valence-electron chi connectivity index (χ0n) is 16.1. The van der Waals surface area contributed by atoms with Crippen LogP contribution in [0.3, 0.4) is 0 Å². The first-order chi connectivity index (χ1) is 15.4. The Hall–Kier alpha value is -3.98. The molecule has 0 atom stereocenters. The van der Waals surface area contributed by atoms with Gasteiger partial charge in [-0.3, -0.25) is 9.36 Å². The second-order valence-electron chi connectivity index (χ2n) is 6.89. The molecule has 0 radical (unpaired) electrons. The van der Waals surface area contributed by atoms with Gasteiger partial charge < -0.3 is 5.11 Å². The van der Waals surface area contributed by atoms with Gasteiger partial charge in [-0.05, 0) is 66.7 Å². The minimum Gasteiger partial charge on any atom is -0.493 e. The highest BCUT2D eigenvalue weighted by Crippen LogP contribution is 2.31. The van der Waals surface area contributed by atoms with Crippen LogP contribution in [0.4, 0.5) is 18.9 Å². The average Bonchev–Trinajstić information content (AvgIpc) is 3.25. The van der Waals surface area contributed by atoms with Gasteiger partial charge >= 0.3 is 0 Å². The van der Waals surface area contributed by atoms with Gasteiger partial charge in [-0.25, -0.2) is 23.2 Å². The number of hydrogen-bond acceptors (Lipinski definition) is 4. The summed E-state index contributed by atoms with van der Waals surface area (Å²) in [7, 11) is 0. The number of hydrogen-bond donors (Lipinski definition) is 1. The van der Waals surface area contributed by atoms with Crippen LogP contribution in [-0.4, -0.2) is 15.6 Å². The molecular formula is C23H12F3N3O2S. The molecule has 1 amide bonds. The van der Waals surface area contributed by atoms with Gasteiger partial charge in [0.25, 0.3) is 5.91 Å². The predicted octanol–water partition coefficient (Wildman–Crippen LogP) is 3.25. The number of nitrogens with zero attached hydrogens (tertiary/aromatic N) is 3. The molecule has 1 aliphatic rings. The summed E-state index contributed by atoms with van der Waals surface area (Å²) in [4.78, 5) is 21.4. The van der Waals surface area contributed by atoms with E-state index < -0.39 is 23.4 Å². The largest absolute Gasteiger partial charge is 0.493 e. The Balaban J connectivity index is 1.82. The van der Waals surface area contributed by atoms with Crippen LogP contribution < -0.4 is 15.4 Å². The monoisotopic (exact) mass is 451 g/mol. The second kappa shape index (κ2) is 7.61. The normalized spacial score (nSPS) is 13.4. The van der Waals surface area contributed by atoms with E-state index in [1.54, 1.807) is 0 Å². The molecule has 1 aliphatic heterocycles. The third-order valence-corrected chi connectivity index (χ3v) is 5.87. The van der Waals surface area contributed by atoms with Crippen LogP contribution >= 0.6 is 11.3 Å². The van der Waals surface area contributed by atoms with Crippen LogP contribution in [-0.2, 0) is 4.79 Å². The van der Waals surface area contributed by atoms with E-state index in [1.807, 2.05) is 0 Å². The quantitative estimate of drug-likeness (QED) is 0.520. The number of amides is 1. The first-order valence-electron chi connectivity index (χ1n) is 9.35. The molecule has 0 fully saturated rings. The summed E-state index contributed by atoms with van der Waals surface area (Å²) in [5.74, 6) is -2.41. The number of thiazole rings is 1. The van der Waals surface area contributed by atoms with E-state index >= 15 is 0 Å². The van der Waals surface area contributed by atoms with Crippen molar-refractivity contribution in [2.45, 2.75) is 0 Å². The van der Waals surface area contributed by atoms with Gasteiger partial charge in [-0.15, -0.1) is 0 Å². The zero-order chi connectivity index (χ0) is 22.4. The summed E-state index contributed by atoms with van der Waals surface area (Å²) >= 11 is 0.973. The van der Waals surface area contributed by atoms with Crippen molar-refractivity contribution in [2.24, 2.45) is 9.98 Å². The topological polar surface area (TPSA) is 67.0 Å². The number of aromatic nitrogens is 1. The van der Waals surface area contributed by atoms with Crippen molar-refractivity contribution in [3.8, 4) is 11.6 Å². The minimum absolute atomic E-state index is 0.0402. The maximum Gasteiger partial charge on any atom is 0.279 e. The summed E-state index contributed by atoms with van der Waals surface area (Å²) < 4.78 is 42.0. The van der Waals surface area contributed by atoms with Gasteiger partial charge in [-0.1, -0.05) is 11.3 Å². The van der Waals surface area contributed by atoms with E-state index in [2.05, 4.69) is 9.98 Å². The summed E-state index contributed by atoms with van der Waals surface area (Å²) in [6, 6.07) is 14.5. The molecule has 0 unspecified atom stereocenters. The molecule has 0 saturated carbocycles. The van der Waals surface area contributed by atoms with Crippen LogP contribution in [0.2, 0.25) is 0 Å². The Bertz CT molecular complexity index is 1570. The van der Waals surface area contributed by atoms with Crippen LogP contribution in [0.25, 0.3) is 11.3 Å². The summed E-state index contributed by atoms with van der Waals surface area (Å²) in [6.45, 7) is 0. The molecule has 0 saturated heterocycles. The minimum atomic E-state index is -0.623. The molecule has 0 bridgehead atoms. The van der Waals surface area contributed by atoms with Gasteiger partial charge in [0, 0.05) is 5.22 Å². The third kappa shape index (κ3) is 3.42. The van der Waals surface area contributed by atoms with Gasteiger partial charge in [0.05, 0.1) is 22.3 Å². The van der Waals surface area contributed by atoms with E-state index in [4.69, 9.17) is 0 Å². The lowest BCUT2D eigenvalue weighted by molar-refractivity contribution is -0.112. The first kappa shape index (κ1) is 20.0. The number of benzene rings is 3. The highest BCUT2D eigenvalue weighted by Gasteiger charge is 2.26. The van der Waals surface area contributed by atoms with Gasteiger partial charge in [-0.2, -0.15) is 0 Å². The zero-order valence-corrected chi connectivity index (χ0v) is 16.9. The lowest BCUT2D eigenvalue weighted by Crippen LogP contribution is -2.23. The molecule has 3 aromatic carbocycles. The molecule has 5 nitrogen and oxygen atoms in total. The fourth-order valence-electron chi connectivity index (χ4n) is 3.37. The Morgan fingerprint density at radius 3 is 2.19 bits per heavy atom. The molecule has 1 N–H and O–H groups in total. The number of carbonyl (C=O) groups is 1. The highest BCUT2D eigenvalue weighted by molar-refractivity contribution is 7.11. The van der Waals surface area contributed by atoms with Gasteiger partial charge in [0.2, 0.25) is 5.88 Å². The van der Waals surface area contributed by atoms with Crippen molar-refractivity contribution in [1.29, 1.82) is 0 Å².